The molecule has 1 aliphatic heterocycles. The van der Waals surface area contributed by atoms with Gasteiger partial charge in [-0.2, -0.15) is 0 Å². The first-order valence-electron chi connectivity index (χ1n) is 11.8. The number of fused-ring (bicyclic) bond motifs is 1. The molecule has 1 saturated heterocycles. The van der Waals surface area contributed by atoms with Crippen molar-refractivity contribution >= 4 is 16.6 Å². The molecule has 2 aromatic heterocycles. The van der Waals surface area contributed by atoms with Crippen molar-refractivity contribution < 1.29 is 14.2 Å². The van der Waals surface area contributed by atoms with Crippen LogP contribution in [-0.2, 0) is 11.2 Å². The molecule has 5 rings (SSSR count). The van der Waals surface area contributed by atoms with Crippen LogP contribution in [0.5, 0.6) is 11.6 Å². The van der Waals surface area contributed by atoms with E-state index in [2.05, 4.69) is 37.0 Å². The summed E-state index contributed by atoms with van der Waals surface area (Å²) < 4.78 is 17.7. The fraction of sp³-hybridized carbons (Fsp3) is 0.520. The molecule has 8 heteroatoms. The second-order valence-electron chi connectivity index (χ2n) is 8.88. The van der Waals surface area contributed by atoms with Gasteiger partial charge in [-0.1, -0.05) is 0 Å². The predicted molar refractivity (Wildman–Crippen MR) is 126 cm³/mol. The molecule has 2 fully saturated rings. The average molecular weight is 450 g/mol. The lowest BCUT2D eigenvalue weighted by molar-refractivity contribution is 0.122. The first kappa shape index (κ1) is 21.8. The highest BCUT2D eigenvalue weighted by Gasteiger charge is 2.25. The second-order valence-corrected chi connectivity index (χ2v) is 8.88. The van der Waals surface area contributed by atoms with Crippen LogP contribution in [0.3, 0.4) is 0 Å². The van der Waals surface area contributed by atoms with Crippen LogP contribution in [0.2, 0.25) is 0 Å². The SMILES string of the molecule is COc1ncnc2cc(N3CCOCC3)cc(OC3CCC(Cc4ccnc(C)n4)CC3)c12. The van der Waals surface area contributed by atoms with Gasteiger partial charge in [0, 0.05) is 36.7 Å². The average Bonchev–Trinajstić information content (AvgIpc) is 2.85. The summed E-state index contributed by atoms with van der Waals surface area (Å²) in [7, 11) is 1.64. The van der Waals surface area contributed by atoms with E-state index in [1.165, 1.54) is 0 Å². The fourth-order valence-electron chi connectivity index (χ4n) is 4.91. The second kappa shape index (κ2) is 9.87. The Balaban J connectivity index is 1.33. The highest BCUT2D eigenvalue weighted by atomic mass is 16.5. The lowest BCUT2D eigenvalue weighted by Gasteiger charge is -2.31. The number of hydrogen-bond acceptors (Lipinski definition) is 8. The third-order valence-electron chi connectivity index (χ3n) is 6.64. The van der Waals surface area contributed by atoms with Gasteiger partial charge in [-0.25, -0.2) is 19.9 Å². The lowest BCUT2D eigenvalue weighted by Crippen LogP contribution is -2.36. The maximum Gasteiger partial charge on any atom is 0.228 e. The van der Waals surface area contributed by atoms with Gasteiger partial charge in [-0.15, -0.1) is 0 Å². The van der Waals surface area contributed by atoms with Crippen molar-refractivity contribution in [2.45, 2.75) is 45.1 Å². The van der Waals surface area contributed by atoms with Crippen molar-refractivity contribution in [1.29, 1.82) is 0 Å². The smallest absolute Gasteiger partial charge is 0.228 e. The number of rotatable bonds is 6. The van der Waals surface area contributed by atoms with Crippen LogP contribution in [0.1, 0.15) is 37.2 Å². The zero-order valence-corrected chi connectivity index (χ0v) is 19.4. The third kappa shape index (κ3) is 5.00. The molecule has 3 heterocycles. The number of aromatic nitrogens is 4. The molecule has 2 aliphatic rings. The molecule has 0 amide bonds. The van der Waals surface area contributed by atoms with Crippen molar-refractivity contribution in [3.63, 3.8) is 0 Å². The minimum absolute atomic E-state index is 0.168. The van der Waals surface area contributed by atoms with E-state index in [4.69, 9.17) is 14.2 Å². The van der Waals surface area contributed by atoms with Crippen molar-refractivity contribution in [1.82, 2.24) is 19.9 Å². The van der Waals surface area contributed by atoms with Gasteiger partial charge in [0.05, 0.1) is 31.9 Å². The quantitative estimate of drug-likeness (QED) is 0.563. The van der Waals surface area contributed by atoms with Crippen LogP contribution in [0.25, 0.3) is 10.9 Å². The van der Waals surface area contributed by atoms with E-state index >= 15 is 0 Å². The summed E-state index contributed by atoms with van der Waals surface area (Å²) >= 11 is 0. The molecular weight excluding hydrogens is 418 g/mol. The van der Waals surface area contributed by atoms with Crippen molar-refractivity contribution in [2.24, 2.45) is 5.92 Å². The van der Waals surface area contributed by atoms with E-state index in [0.29, 0.717) is 11.8 Å². The Hall–Kier alpha value is -3.00. The van der Waals surface area contributed by atoms with Gasteiger partial charge in [-0.3, -0.25) is 0 Å². The van der Waals surface area contributed by atoms with E-state index in [0.717, 1.165) is 92.3 Å². The number of ether oxygens (including phenoxy) is 3. The van der Waals surface area contributed by atoms with Gasteiger partial charge >= 0.3 is 0 Å². The summed E-state index contributed by atoms with van der Waals surface area (Å²) in [5.41, 5.74) is 3.08. The van der Waals surface area contributed by atoms with Gasteiger partial charge in [0.2, 0.25) is 5.88 Å². The fourth-order valence-corrected chi connectivity index (χ4v) is 4.91. The van der Waals surface area contributed by atoms with Crippen LogP contribution < -0.4 is 14.4 Å². The van der Waals surface area contributed by atoms with Crippen LogP contribution >= 0.6 is 0 Å². The topological polar surface area (TPSA) is 82.5 Å². The normalized spacial score (nSPS) is 21.2. The van der Waals surface area contributed by atoms with E-state index in [-0.39, 0.29) is 6.10 Å². The summed E-state index contributed by atoms with van der Waals surface area (Å²) in [6.45, 7) is 5.14. The maximum absolute atomic E-state index is 6.62. The Morgan fingerprint density at radius 1 is 1.06 bits per heavy atom. The van der Waals surface area contributed by atoms with E-state index in [1.54, 1.807) is 13.4 Å². The molecule has 0 atom stereocenters. The molecule has 1 aliphatic carbocycles. The Bertz CT molecular complexity index is 1090. The van der Waals surface area contributed by atoms with Gasteiger partial charge < -0.3 is 19.1 Å². The monoisotopic (exact) mass is 449 g/mol. The molecule has 0 unspecified atom stereocenters. The number of methoxy groups -OCH3 is 1. The highest BCUT2D eigenvalue weighted by molar-refractivity contribution is 5.92. The molecule has 0 bridgehead atoms. The zero-order valence-electron chi connectivity index (χ0n) is 19.4. The van der Waals surface area contributed by atoms with Crippen molar-refractivity contribution in [3.8, 4) is 11.6 Å². The largest absolute Gasteiger partial charge is 0.489 e. The number of benzene rings is 1. The molecular formula is C25H31N5O3. The van der Waals surface area contributed by atoms with Gasteiger partial charge in [0.25, 0.3) is 0 Å². The van der Waals surface area contributed by atoms with Crippen molar-refractivity contribution in [3.05, 3.63) is 42.2 Å². The minimum atomic E-state index is 0.168. The Morgan fingerprint density at radius 3 is 2.64 bits per heavy atom. The van der Waals surface area contributed by atoms with Crippen LogP contribution in [0.4, 0.5) is 5.69 Å². The Morgan fingerprint density at radius 2 is 1.88 bits per heavy atom. The minimum Gasteiger partial charge on any atom is -0.489 e. The van der Waals surface area contributed by atoms with E-state index in [1.807, 2.05) is 19.2 Å². The Kier molecular flexibility index (Phi) is 6.53. The van der Waals surface area contributed by atoms with Crippen molar-refractivity contribution in [2.75, 3.05) is 38.3 Å². The number of anilines is 1. The lowest BCUT2D eigenvalue weighted by atomic mass is 9.84. The van der Waals surface area contributed by atoms with Crippen LogP contribution in [-0.4, -0.2) is 59.5 Å². The summed E-state index contributed by atoms with van der Waals surface area (Å²) in [4.78, 5) is 20.0. The highest BCUT2D eigenvalue weighted by Crippen LogP contribution is 2.38. The molecule has 174 valence electrons. The van der Waals surface area contributed by atoms with Gasteiger partial charge in [0.1, 0.15) is 23.3 Å². The number of nitrogens with zero attached hydrogens (tertiary/aromatic N) is 5. The summed E-state index contributed by atoms with van der Waals surface area (Å²) in [5, 5.41) is 0.843. The van der Waals surface area contributed by atoms with Gasteiger partial charge in [0.15, 0.2) is 0 Å². The number of morpholine rings is 1. The molecule has 0 spiro atoms. The van der Waals surface area contributed by atoms with E-state index < -0.39 is 0 Å². The summed E-state index contributed by atoms with van der Waals surface area (Å²) in [5.74, 6) is 2.83. The molecule has 1 aromatic carbocycles. The first-order chi connectivity index (χ1) is 16.2. The van der Waals surface area contributed by atoms with Gasteiger partial charge in [-0.05, 0) is 57.1 Å². The number of hydrogen-bond donors (Lipinski definition) is 0. The third-order valence-corrected chi connectivity index (χ3v) is 6.64. The number of aryl methyl sites for hydroxylation is 1. The molecule has 1 saturated carbocycles. The molecule has 8 nitrogen and oxygen atoms in total. The van der Waals surface area contributed by atoms with Crippen LogP contribution in [0.15, 0.2) is 30.7 Å². The zero-order chi connectivity index (χ0) is 22.6. The predicted octanol–water partition coefficient (Wildman–Crippen LogP) is 3.75. The summed E-state index contributed by atoms with van der Waals surface area (Å²) in [6, 6.07) is 6.25. The molecule has 33 heavy (non-hydrogen) atoms. The maximum atomic E-state index is 6.62. The first-order valence-corrected chi connectivity index (χ1v) is 11.8. The standard InChI is InChI=1S/C25H31N5O3/c1-17-26-8-7-19(29-17)13-18-3-5-21(6-4-18)33-23-15-20(30-9-11-32-12-10-30)14-22-24(23)25(31-2)28-16-27-22/h7-8,14-16,18,21H,3-6,9-13H2,1-2H3. The van der Waals surface area contributed by atoms with E-state index in [9.17, 15) is 0 Å². The van der Waals surface area contributed by atoms with Crippen LogP contribution in [0, 0.1) is 12.8 Å². The summed E-state index contributed by atoms with van der Waals surface area (Å²) in [6.07, 6.45) is 8.88. The molecule has 0 N–H and O–H groups in total. The molecule has 0 radical (unpaired) electrons. The Labute approximate surface area is 194 Å². The molecule has 3 aromatic rings.